The molecule has 0 aromatic heterocycles. The Kier molecular flexibility index (Phi) is 4.85. The van der Waals surface area contributed by atoms with Crippen molar-refractivity contribution in [1.82, 2.24) is 4.90 Å². The van der Waals surface area contributed by atoms with E-state index in [-0.39, 0.29) is 18.1 Å². The van der Waals surface area contributed by atoms with E-state index in [1.807, 2.05) is 11.8 Å². The van der Waals surface area contributed by atoms with Crippen LogP contribution in [0.1, 0.15) is 46.0 Å². The normalized spacial score (nSPS) is 35.2. The molecule has 2 fully saturated rings. The topological polar surface area (TPSA) is 66.6 Å². The van der Waals surface area contributed by atoms with E-state index in [9.17, 15) is 9.90 Å². The monoisotopic (exact) mass is 268 g/mol. The van der Waals surface area contributed by atoms with E-state index in [0.717, 1.165) is 45.2 Å². The van der Waals surface area contributed by atoms with Crippen LogP contribution in [-0.2, 0) is 4.79 Å². The van der Waals surface area contributed by atoms with Gasteiger partial charge in [-0.05, 0) is 50.9 Å². The molecule has 0 radical (unpaired) electrons. The molecule has 1 heterocycles. The highest BCUT2D eigenvalue weighted by molar-refractivity contribution is 5.79. The van der Waals surface area contributed by atoms with Crippen molar-refractivity contribution in [2.45, 2.75) is 58.1 Å². The third-order valence-electron chi connectivity index (χ3n) is 5.14. The van der Waals surface area contributed by atoms with E-state index in [1.54, 1.807) is 0 Å². The lowest BCUT2D eigenvalue weighted by molar-refractivity contribution is -0.139. The number of carbonyl (C=O) groups excluding carboxylic acids is 1. The van der Waals surface area contributed by atoms with Gasteiger partial charge < -0.3 is 15.7 Å². The van der Waals surface area contributed by atoms with Crippen molar-refractivity contribution in [3.8, 4) is 0 Å². The third kappa shape index (κ3) is 3.48. The van der Waals surface area contributed by atoms with Crippen LogP contribution in [0.5, 0.6) is 0 Å². The van der Waals surface area contributed by atoms with E-state index in [2.05, 4.69) is 6.92 Å². The summed E-state index contributed by atoms with van der Waals surface area (Å²) in [7, 11) is 0. The first kappa shape index (κ1) is 14.8. The fourth-order valence-electron chi connectivity index (χ4n) is 3.44. The molecule has 4 heteroatoms. The van der Waals surface area contributed by atoms with Crippen molar-refractivity contribution in [2.75, 3.05) is 13.1 Å². The summed E-state index contributed by atoms with van der Waals surface area (Å²) in [5.41, 5.74) is 6.09. The second-order valence-electron chi connectivity index (χ2n) is 6.55. The summed E-state index contributed by atoms with van der Waals surface area (Å²) in [4.78, 5) is 14.5. The molecule has 4 nitrogen and oxygen atoms in total. The lowest BCUT2D eigenvalue weighted by Crippen LogP contribution is -2.46. The molecule has 4 unspecified atom stereocenters. The SMILES string of the molecule is CC(O)C1CCN(C(=O)C2CCC(C)C(N)C2)CC1. The number of rotatable bonds is 2. The summed E-state index contributed by atoms with van der Waals surface area (Å²) in [5, 5.41) is 9.59. The minimum absolute atomic E-state index is 0.134. The number of nitrogens with zero attached hydrogens (tertiary/aromatic N) is 1. The molecule has 1 saturated heterocycles. The zero-order valence-electron chi connectivity index (χ0n) is 12.2. The smallest absolute Gasteiger partial charge is 0.225 e. The van der Waals surface area contributed by atoms with Gasteiger partial charge in [-0.15, -0.1) is 0 Å². The minimum Gasteiger partial charge on any atom is -0.393 e. The Morgan fingerprint density at radius 1 is 1.26 bits per heavy atom. The molecule has 1 amide bonds. The predicted octanol–water partition coefficient (Wildman–Crippen LogP) is 1.37. The summed E-state index contributed by atoms with van der Waals surface area (Å²) < 4.78 is 0. The number of likely N-dealkylation sites (tertiary alicyclic amines) is 1. The first-order valence-electron chi connectivity index (χ1n) is 7.71. The van der Waals surface area contributed by atoms with Crippen molar-refractivity contribution in [1.29, 1.82) is 0 Å². The molecule has 1 saturated carbocycles. The largest absolute Gasteiger partial charge is 0.393 e. The number of hydrogen-bond donors (Lipinski definition) is 2. The molecule has 0 bridgehead atoms. The molecule has 4 atom stereocenters. The maximum atomic E-state index is 12.5. The average molecular weight is 268 g/mol. The van der Waals surface area contributed by atoms with Crippen molar-refractivity contribution in [3.05, 3.63) is 0 Å². The van der Waals surface area contributed by atoms with Crippen molar-refractivity contribution < 1.29 is 9.90 Å². The average Bonchev–Trinajstić information content (AvgIpc) is 2.41. The molecule has 0 spiro atoms. The van der Waals surface area contributed by atoms with Gasteiger partial charge in [0.15, 0.2) is 0 Å². The molecule has 0 aromatic carbocycles. The molecule has 2 aliphatic rings. The van der Waals surface area contributed by atoms with Gasteiger partial charge in [-0.1, -0.05) is 6.92 Å². The fourth-order valence-corrected chi connectivity index (χ4v) is 3.44. The van der Waals surface area contributed by atoms with E-state index >= 15 is 0 Å². The summed E-state index contributed by atoms with van der Waals surface area (Å²) in [6.07, 6.45) is 4.51. The van der Waals surface area contributed by atoms with Crippen LogP contribution in [0.25, 0.3) is 0 Å². The second-order valence-corrected chi connectivity index (χ2v) is 6.55. The van der Waals surface area contributed by atoms with Crippen LogP contribution in [0, 0.1) is 17.8 Å². The molecular formula is C15H28N2O2. The lowest BCUT2D eigenvalue weighted by atomic mass is 9.78. The van der Waals surface area contributed by atoms with Gasteiger partial charge in [-0.25, -0.2) is 0 Å². The van der Waals surface area contributed by atoms with Crippen molar-refractivity contribution in [3.63, 3.8) is 0 Å². The lowest BCUT2D eigenvalue weighted by Gasteiger charge is -2.38. The number of nitrogens with two attached hydrogens (primary N) is 1. The number of hydrogen-bond acceptors (Lipinski definition) is 3. The van der Waals surface area contributed by atoms with Crippen LogP contribution in [-0.4, -0.2) is 41.1 Å². The van der Waals surface area contributed by atoms with Crippen LogP contribution < -0.4 is 5.73 Å². The Bertz CT molecular complexity index is 311. The van der Waals surface area contributed by atoms with Gasteiger partial charge >= 0.3 is 0 Å². The molecular weight excluding hydrogens is 240 g/mol. The molecule has 2 rings (SSSR count). The van der Waals surface area contributed by atoms with Gasteiger partial charge in [0, 0.05) is 25.0 Å². The Labute approximate surface area is 116 Å². The van der Waals surface area contributed by atoms with Gasteiger partial charge in [0.25, 0.3) is 0 Å². The van der Waals surface area contributed by atoms with Crippen LogP contribution in [0.15, 0.2) is 0 Å². The van der Waals surface area contributed by atoms with Gasteiger partial charge in [-0.2, -0.15) is 0 Å². The number of aliphatic hydroxyl groups excluding tert-OH is 1. The standard InChI is InChI=1S/C15H28N2O2/c1-10-3-4-13(9-14(10)16)15(19)17-7-5-12(6-8-17)11(2)18/h10-14,18H,3-9,16H2,1-2H3. The summed E-state index contributed by atoms with van der Waals surface area (Å²) >= 11 is 0. The highest BCUT2D eigenvalue weighted by Gasteiger charge is 2.34. The third-order valence-corrected chi connectivity index (χ3v) is 5.14. The van der Waals surface area contributed by atoms with Gasteiger partial charge in [0.05, 0.1) is 6.10 Å². The van der Waals surface area contributed by atoms with E-state index < -0.39 is 0 Å². The highest BCUT2D eigenvalue weighted by Crippen LogP contribution is 2.30. The van der Waals surface area contributed by atoms with Gasteiger partial charge in [-0.3, -0.25) is 4.79 Å². The summed E-state index contributed by atoms with van der Waals surface area (Å²) in [6, 6.07) is 0.178. The quantitative estimate of drug-likeness (QED) is 0.795. The van der Waals surface area contributed by atoms with E-state index in [4.69, 9.17) is 5.73 Å². The number of piperidine rings is 1. The first-order valence-corrected chi connectivity index (χ1v) is 7.71. The van der Waals surface area contributed by atoms with Gasteiger partial charge in [0.1, 0.15) is 0 Å². The maximum absolute atomic E-state index is 12.5. The first-order chi connectivity index (χ1) is 8.99. The molecule has 0 aromatic rings. The summed E-state index contributed by atoms with van der Waals surface area (Å²) in [6.45, 7) is 5.63. The molecule has 110 valence electrons. The minimum atomic E-state index is -0.249. The van der Waals surface area contributed by atoms with Crippen LogP contribution >= 0.6 is 0 Å². The van der Waals surface area contributed by atoms with E-state index in [0.29, 0.717) is 17.7 Å². The second kappa shape index (κ2) is 6.23. The molecule has 1 aliphatic carbocycles. The number of amides is 1. The molecule has 19 heavy (non-hydrogen) atoms. The van der Waals surface area contributed by atoms with Crippen LogP contribution in [0.4, 0.5) is 0 Å². The zero-order valence-corrected chi connectivity index (χ0v) is 12.2. The highest BCUT2D eigenvalue weighted by atomic mass is 16.3. The van der Waals surface area contributed by atoms with Crippen LogP contribution in [0.3, 0.4) is 0 Å². The van der Waals surface area contributed by atoms with Gasteiger partial charge in [0.2, 0.25) is 5.91 Å². The molecule has 3 N–H and O–H groups in total. The Morgan fingerprint density at radius 2 is 1.89 bits per heavy atom. The zero-order chi connectivity index (χ0) is 14.0. The maximum Gasteiger partial charge on any atom is 0.225 e. The predicted molar refractivity (Wildman–Crippen MR) is 75.5 cm³/mol. The van der Waals surface area contributed by atoms with Crippen molar-refractivity contribution in [2.24, 2.45) is 23.5 Å². The number of aliphatic hydroxyl groups is 1. The van der Waals surface area contributed by atoms with E-state index in [1.165, 1.54) is 0 Å². The van der Waals surface area contributed by atoms with Crippen LogP contribution in [0.2, 0.25) is 0 Å². The molecule has 1 aliphatic heterocycles. The fraction of sp³-hybridized carbons (Fsp3) is 0.933. The Morgan fingerprint density at radius 3 is 2.42 bits per heavy atom. The Hall–Kier alpha value is -0.610. The Balaban J connectivity index is 1.84. The summed E-state index contributed by atoms with van der Waals surface area (Å²) in [5.74, 6) is 1.34. The number of carbonyl (C=O) groups is 1. The van der Waals surface area contributed by atoms with Crippen molar-refractivity contribution >= 4 is 5.91 Å².